The minimum Gasteiger partial charge on any atom is -0.497 e. The van der Waals surface area contributed by atoms with Crippen LogP contribution in [0.1, 0.15) is 56.5 Å². The summed E-state index contributed by atoms with van der Waals surface area (Å²) in [6.07, 6.45) is 4.75. The zero-order chi connectivity index (χ0) is 30.3. The van der Waals surface area contributed by atoms with E-state index in [1.165, 1.54) is 24.7 Å². The first-order valence-corrected chi connectivity index (χ1v) is 14.5. The van der Waals surface area contributed by atoms with Gasteiger partial charge in [0.05, 0.1) is 31.1 Å². The van der Waals surface area contributed by atoms with E-state index >= 15 is 0 Å². The Labute approximate surface area is 251 Å². The van der Waals surface area contributed by atoms with Gasteiger partial charge in [-0.3, -0.25) is 9.59 Å². The Kier molecular flexibility index (Phi) is 9.11. The SMILES string of the molecule is CCOC(=O)c1c(NC(=O)C(=O)N/N=C/c2c(OC(=O)c3ccc(OC)cc3)ccc3ccccc23)sc2c1CCCC2. The normalized spacial score (nSPS) is 12.4. The van der Waals surface area contributed by atoms with Gasteiger partial charge in [-0.25, -0.2) is 15.0 Å². The first-order chi connectivity index (χ1) is 20.9. The Morgan fingerprint density at radius 1 is 0.930 bits per heavy atom. The number of fused-ring (bicyclic) bond motifs is 2. The van der Waals surface area contributed by atoms with Crippen LogP contribution < -0.4 is 20.2 Å². The van der Waals surface area contributed by atoms with E-state index in [0.29, 0.717) is 34.2 Å². The highest BCUT2D eigenvalue weighted by Gasteiger charge is 2.28. The van der Waals surface area contributed by atoms with Crippen LogP contribution in [0.3, 0.4) is 0 Å². The fourth-order valence-corrected chi connectivity index (χ4v) is 6.10. The quantitative estimate of drug-likeness (QED) is 0.0927. The molecule has 0 saturated carbocycles. The second-order valence-corrected chi connectivity index (χ2v) is 10.7. The monoisotopic (exact) mass is 599 g/mol. The third-order valence-electron chi connectivity index (χ3n) is 6.90. The molecule has 0 atom stereocenters. The lowest BCUT2D eigenvalue weighted by atomic mass is 9.95. The van der Waals surface area contributed by atoms with E-state index in [9.17, 15) is 19.2 Å². The van der Waals surface area contributed by atoms with Crippen LogP contribution in [0.15, 0.2) is 65.8 Å². The van der Waals surface area contributed by atoms with E-state index in [0.717, 1.165) is 35.1 Å². The second-order valence-electron chi connectivity index (χ2n) is 9.61. The molecule has 5 rings (SSSR count). The van der Waals surface area contributed by atoms with Gasteiger partial charge in [-0.1, -0.05) is 30.3 Å². The van der Waals surface area contributed by atoms with Crippen molar-refractivity contribution >= 4 is 57.1 Å². The molecule has 0 saturated heterocycles. The topological polar surface area (TPSA) is 132 Å². The molecule has 0 spiro atoms. The van der Waals surface area contributed by atoms with Crippen molar-refractivity contribution in [2.45, 2.75) is 32.6 Å². The van der Waals surface area contributed by atoms with Crippen molar-refractivity contribution in [2.24, 2.45) is 5.10 Å². The number of esters is 2. The first-order valence-electron chi connectivity index (χ1n) is 13.7. The number of thiophene rings is 1. The van der Waals surface area contributed by atoms with Crippen molar-refractivity contribution in [1.29, 1.82) is 0 Å². The van der Waals surface area contributed by atoms with Gasteiger partial charge in [-0.05, 0) is 79.3 Å². The molecular formula is C32H29N3O7S. The molecule has 1 heterocycles. The highest BCUT2D eigenvalue weighted by atomic mass is 32.1. The molecule has 43 heavy (non-hydrogen) atoms. The molecule has 2 amide bonds. The number of nitrogens with zero attached hydrogens (tertiary/aromatic N) is 1. The van der Waals surface area contributed by atoms with Crippen LogP contribution in [0.2, 0.25) is 0 Å². The van der Waals surface area contributed by atoms with Crippen molar-refractivity contribution in [2.75, 3.05) is 19.0 Å². The molecule has 0 unspecified atom stereocenters. The van der Waals surface area contributed by atoms with E-state index in [2.05, 4.69) is 15.8 Å². The molecule has 10 nitrogen and oxygen atoms in total. The Morgan fingerprint density at radius 3 is 2.47 bits per heavy atom. The summed E-state index contributed by atoms with van der Waals surface area (Å²) in [6.45, 7) is 1.90. The van der Waals surface area contributed by atoms with E-state index in [4.69, 9.17) is 14.2 Å². The largest absolute Gasteiger partial charge is 0.497 e. The molecule has 1 aliphatic carbocycles. The van der Waals surface area contributed by atoms with Gasteiger partial charge >= 0.3 is 23.8 Å². The van der Waals surface area contributed by atoms with Crippen LogP contribution in [0.5, 0.6) is 11.5 Å². The van der Waals surface area contributed by atoms with Crippen LogP contribution in [0, 0.1) is 0 Å². The van der Waals surface area contributed by atoms with Crippen LogP contribution in [-0.4, -0.2) is 43.7 Å². The summed E-state index contributed by atoms with van der Waals surface area (Å²) in [5.74, 6) is -2.31. The number of methoxy groups -OCH3 is 1. The Morgan fingerprint density at radius 2 is 1.70 bits per heavy atom. The fourth-order valence-electron chi connectivity index (χ4n) is 4.82. The lowest BCUT2D eigenvalue weighted by Crippen LogP contribution is -2.32. The van der Waals surface area contributed by atoms with Crippen LogP contribution in [0.4, 0.5) is 5.00 Å². The smallest absolute Gasteiger partial charge is 0.343 e. The number of rotatable bonds is 8. The molecule has 1 aromatic heterocycles. The van der Waals surface area contributed by atoms with Crippen LogP contribution >= 0.6 is 11.3 Å². The molecule has 2 N–H and O–H groups in total. The Hall–Kier alpha value is -5.03. The van der Waals surface area contributed by atoms with Gasteiger partial charge in [0.25, 0.3) is 0 Å². The van der Waals surface area contributed by atoms with Gasteiger partial charge in [-0.2, -0.15) is 5.10 Å². The highest BCUT2D eigenvalue weighted by molar-refractivity contribution is 7.17. The zero-order valence-electron chi connectivity index (χ0n) is 23.6. The molecule has 0 bridgehead atoms. The van der Waals surface area contributed by atoms with Crippen LogP contribution in [0.25, 0.3) is 10.8 Å². The second kappa shape index (κ2) is 13.3. The standard InChI is InChI=1S/C32H29N3O7S/c1-3-41-32(39)27-23-10-6-7-11-26(23)43-30(27)34-28(36)29(37)35-33-18-24-22-9-5-4-8-19(22)14-17-25(24)42-31(38)20-12-15-21(40-2)16-13-20/h4-5,8-9,12-18H,3,6-7,10-11H2,1-2H3,(H,34,36)(H,35,37)/b33-18+. The number of benzene rings is 3. The van der Waals surface area contributed by atoms with Crippen molar-refractivity contribution in [3.8, 4) is 11.5 Å². The van der Waals surface area contributed by atoms with E-state index in [-0.39, 0.29) is 17.4 Å². The molecule has 0 aliphatic heterocycles. The van der Waals surface area contributed by atoms with E-state index in [1.807, 2.05) is 24.3 Å². The van der Waals surface area contributed by atoms with Gasteiger partial charge in [0, 0.05) is 10.4 Å². The number of hydrogen-bond donors (Lipinski definition) is 2. The molecular weight excluding hydrogens is 570 g/mol. The van der Waals surface area contributed by atoms with Crippen molar-refractivity contribution in [3.63, 3.8) is 0 Å². The van der Waals surface area contributed by atoms with Gasteiger partial charge in [0.15, 0.2) is 0 Å². The van der Waals surface area contributed by atoms with Gasteiger partial charge < -0.3 is 19.5 Å². The number of carbonyl (C=O) groups excluding carboxylic acids is 4. The van der Waals surface area contributed by atoms with Gasteiger partial charge in [0.2, 0.25) is 0 Å². The molecule has 4 aromatic rings. The summed E-state index contributed by atoms with van der Waals surface area (Å²) in [6, 6.07) is 17.3. The van der Waals surface area contributed by atoms with Gasteiger partial charge in [-0.15, -0.1) is 11.3 Å². The molecule has 220 valence electrons. The predicted octanol–water partition coefficient (Wildman–Crippen LogP) is 5.27. The minimum atomic E-state index is -1.03. The molecule has 3 aromatic carbocycles. The number of amides is 2. The summed E-state index contributed by atoms with van der Waals surface area (Å²) >= 11 is 1.29. The molecule has 0 radical (unpaired) electrons. The highest BCUT2D eigenvalue weighted by Crippen LogP contribution is 2.38. The maximum atomic E-state index is 12.9. The molecule has 0 fully saturated rings. The number of ether oxygens (including phenoxy) is 3. The van der Waals surface area contributed by atoms with Crippen molar-refractivity contribution < 1.29 is 33.4 Å². The number of carbonyl (C=O) groups is 4. The summed E-state index contributed by atoms with van der Waals surface area (Å²) in [5, 5.41) is 8.41. The lowest BCUT2D eigenvalue weighted by Gasteiger charge is -2.12. The number of hydrogen-bond acceptors (Lipinski definition) is 9. The first kappa shape index (κ1) is 29.5. The zero-order valence-corrected chi connectivity index (χ0v) is 24.4. The van der Waals surface area contributed by atoms with E-state index < -0.39 is 23.8 Å². The predicted molar refractivity (Wildman–Crippen MR) is 163 cm³/mol. The average molecular weight is 600 g/mol. The van der Waals surface area contributed by atoms with Crippen LogP contribution in [-0.2, 0) is 27.2 Å². The Balaban J connectivity index is 1.34. The maximum Gasteiger partial charge on any atom is 0.343 e. The third kappa shape index (κ3) is 6.57. The Bertz CT molecular complexity index is 1730. The van der Waals surface area contributed by atoms with Gasteiger partial charge in [0.1, 0.15) is 16.5 Å². The lowest BCUT2D eigenvalue weighted by molar-refractivity contribution is -0.136. The average Bonchev–Trinajstić information content (AvgIpc) is 3.39. The number of nitrogens with one attached hydrogen (secondary N) is 2. The summed E-state index contributed by atoms with van der Waals surface area (Å²) in [7, 11) is 1.53. The minimum absolute atomic E-state index is 0.192. The fraction of sp³-hybridized carbons (Fsp3) is 0.219. The van der Waals surface area contributed by atoms with E-state index in [1.54, 1.807) is 43.3 Å². The number of hydrazone groups is 1. The summed E-state index contributed by atoms with van der Waals surface area (Å²) in [4.78, 5) is 52.1. The maximum absolute atomic E-state index is 12.9. The number of aryl methyl sites for hydroxylation is 1. The van der Waals surface area contributed by atoms with Crippen molar-refractivity contribution in [3.05, 3.63) is 87.8 Å². The summed E-state index contributed by atoms with van der Waals surface area (Å²) in [5.41, 5.74) is 4.16. The molecule has 1 aliphatic rings. The molecule has 11 heteroatoms. The summed E-state index contributed by atoms with van der Waals surface area (Å²) < 4.78 is 16.0. The third-order valence-corrected chi connectivity index (χ3v) is 8.11. The number of anilines is 1. The van der Waals surface area contributed by atoms with Crippen molar-refractivity contribution in [1.82, 2.24) is 5.43 Å².